The van der Waals surface area contributed by atoms with Gasteiger partial charge in [-0.25, -0.2) is 8.78 Å². The summed E-state index contributed by atoms with van der Waals surface area (Å²) in [5.41, 5.74) is 0.914. The molecule has 1 N–H and O–H groups in total. The third-order valence-electron chi connectivity index (χ3n) is 5.11. The fourth-order valence-corrected chi connectivity index (χ4v) is 4.03. The van der Waals surface area contributed by atoms with Crippen LogP contribution in [0.2, 0.25) is 0 Å². The molecule has 3 unspecified atom stereocenters. The summed E-state index contributed by atoms with van der Waals surface area (Å²) in [7, 11) is 0. The molecule has 0 aliphatic heterocycles. The van der Waals surface area contributed by atoms with E-state index in [1.54, 1.807) is 19.1 Å². The van der Waals surface area contributed by atoms with Gasteiger partial charge in [0, 0.05) is 11.6 Å². The second-order valence-electron chi connectivity index (χ2n) is 6.37. The number of fused-ring (bicyclic) bond motifs is 1. The lowest BCUT2D eigenvalue weighted by Gasteiger charge is -2.22. The molecular formula is C17H23F2N. The molecule has 0 radical (unpaired) electrons. The predicted octanol–water partition coefficient (Wildman–Crippen LogP) is 4.36. The Morgan fingerprint density at radius 2 is 1.90 bits per heavy atom. The van der Waals surface area contributed by atoms with Crippen molar-refractivity contribution in [1.29, 1.82) is 0 Å². The molecule has 2 aliphatic rings. The molecule has 3 atom stereocenters. The molecule has 0 amide bonds. The zero-order chi connectivity index (χ0) is 14.3. The molecule has 2 aliphatic carbocycles. The van der Waals surface area contributed by atoms with Crippen molar-refractivity contribution in [2.75, 3.05) is 6.54 Å². The summed E-state index contributed by atoms with van der Waals surface area (Å²) < 4.78 is 28.1. The number of benzene rings is 1. The predicted molar refractivity (Wildman–Crippen MR) is 76.5 cm³/mol. The first-order valence-corrected chi connectivity index (χ1v) is 7.83. The Morgan fingerprint density at radius 3 is 2.55 bits per heavy atom. The maximum Gasteiger partial charge on any atom is 0.163 e. The first-order chi connectivity index (χ1) is 9.65. The Kier molecular flexibility index (Phi) is 3.80. The van der Waals surface area contributed by atoms with Gasteiger partial charge in [-0.3, -0.25) is 0 Å². The van der Waals surface area contributed by atoms with Crippen LogP contribution in [0.15, 0.2) is 12.1 Å². The van der Waals surface area contributed by atoms with Crippen LogP contribution in [0.5, 0.6) is 0 Å². The molecule has 0 spiro atoms. The van der Waals surface area contributed by atoms with Crippen LogP contribution in [0.1, 0.15) is 49.8 Å². The van der Waals surface area contributed by atoms with E-state index < -0.39 is 11.6 Å². The summed E-state index contributed by atoms with van der Waals surface area (Å²) in [5, 5.41) is 3.46. The Labute approximate surface area is 119 Å². The second kappa shape index (κ2) is 5.44. The SMILES string of the molecule is CCCNC(c1ccc(C)c(F)c1F)C1C2CCCC21. The molecule has 1 aromatic carbocycles. The molecule has 1 nitrogen and oxygen atoms in total. The third kappa shape index (κ3) is 2.26. The van der Waals surface area contributed by atoms with Crippen molar-refractivity contribution in [1.82, 2.24) is 5.32 Å². The van der Waals surface area contributed by atoms with Crippen LogP contribution in [0, 0.1) is 36.3 Å². The molecule has 2 saturated carbocycles. The van der Waals surface area contributed by atoms with Gasteiger partial charge >= 0.3 is 0 Å². The van der Waals surface area contributed by atoms with E-state index >= 15 is 0 Å². The summed E-state index contributed by atoms with van der Waals surface area (Å²) in [5.74, 6) is 0.633. The number of hydrogen-bond donors (Lipinski definition) is 1. The van der Waals surface area contributed by atoms with E-state index in [0.717, 1.165) is 24.8 Å². The number of hydrogen-bond acceptors (Lipinski definition) is 1. The van der Waals surface area contributed by atoms with Crippen LogP contribution in [-0.4, -0.2) is 6.54 Å². The van der Waals surface area contributed by atoms with Crippen LogP contribution in [0.25, 0.3) is 0 Å². The van der Waals surface area contributed by atoms with Gasteiger partial charge in [-0.1, -0.05) is 25.5 Å². The Balaban J connectivity index is 1.87. The van der Waals surface area contributed by atoms with Crippen molar-refractivity contribution in [3.05, 3.63) is 34.9 Å². The molecule has 20 heavy (non-hydrogen) atoms. The topological polar surface area (TPSA) is 12.0 Å². The molecular weight excluding hydrogens is 256 g/mol. The number of halogens is 2. The standard InChI is InChI=1S/C17H23F2N/c1-3-9-20-17(14-11-5-4-6-12(11)14)13-8-7-10(2)15(18)16(13)19/h7-8,11-12,14,17,20H,3-6,9H2,1-2H3. The van der Waals surface area contributed by atoms with Crippen molar-refractivity contribution < 1.29 is 8.78 Å². The van der Waals surface area contributed by atoms with Crippen molar-refractivity contribution >= 4 is 0 Å². The van der Waals surface area contributed by atoms with Crippen LogP contribution >= 0.6 is 0 Å². The minimum Gasteiger partial charge on any atom is -0.310 e. The molecule has 110 valence electrons. The van der Waals surface area contributed by atoms with Gasteiger partial charge in [0.2, 0.25) is 0 Å². The Bertz CT molecular complexity index is 490. The van der Waals surface area contributed by atoms with Gasteiger partial charge in [0.1, 0.15) is 0 Å². The van der Waals surface area contributed by atoms with Gasteiger partial charge in [-0.05, 0) is 56.0 Å². The molecule has 0 aromatic heterocycles. The van der Waals surface area contributed by atoms with Crippen LogP contribution in [0.4, 0.5) is 8.78 Å². The average molecular weight is 279 g/mol. The Morgan fingerprint density at radius 1 is 1.20 bits per heavy atom. The number of nitrogens with one attached hydrogen (secondary N) is 1. The number of aryl methyl sites for hydroxylation is 1. The lowest BCUT2D eigenvalue weighted by atomic mass is 9.95. The lowest BCUT2D eigenvalue weighted by molar-refractivity contribution is 0.393. The molecule has 0 saturated heterocycles. The summed E-state index contributed by atoms with van der Waals surface area (Å²) in [6, 6.07) is 3.46. The zero-order valence-electron chi connectivity index (χ0n) is 12.3. The third-order valence-corrected chi connectivity index (χ3v) is 5.11. The highest BCUT2D eigenvalue weighted by molar-refractivity contribution is 5.30. The van der Waals surface area contributed by atoms with E-state index in [9.17, 15) is 8.78 Å². The summed E-state index contributed by atoms with van der Waals surface area (Å²) >= 11 is 0. The van der Waals surface area contributed by atoms with Gasteiger partial charge < -0.3 is 5.32 Å². The van der Waals surface area contributed by atoms with Gasteiger partial charge in [-0.15, -0.1) is 0 Å². The molecule has 2 fully saturated rings. The highest BCUT2D eigenvalue weighted by Gasteiger charge is 2.56. The van der Waals surface area contributed by atoms with Crippen LogP contribution in [0.3, 0.4) is 0 Å². The van der Waals surface area contributed by atoms with E-state index in [1.165, 1.54) is 19.3 Å². The normalized spacial score (nSPS) is 29.3. The van der Waals surface area contributed by atoms with Crippen molar-refractivity contribution in [2.24, 2.45) is 17.8 Å². The van der Waals surface area contributed by atoms with Gasteiger partial charge in [-0.2, -0.15) is 0 Å². The molecule has 1 aromatic rings. The molecule has 0 heterocycles. The maximum absolute atomic E-state index is 14.3. The first-order valence-electron chi connectivity index (χ1n) is 7.83. The van der Waals surface area contributed by atoms with E-state index in [0.29, 0.717) is 17.0 Å². The monoisotopic (exact) mass is 279 g/mol. The van der Waals surface area contributed by atoms with Gasteiger partial charge in [0.25, 0.3) is 0 Å². The Hall–Kier alpha value is -0.960. The molecule has 3 rings (SSSR count). The molecule has 0 bridgehead atoms. The van der Waals surface area contributed by atoms with E-state index in [2.05, 4.69) is 12.2 Å². The number of rotatable bonds is 5. The van der Waals surface area contributed by atoms with E-state index in [1.807, 2.05) is 0 Å². The second-order valence-corrected chi connectivity index (χ2v) is 6.37. The summed E-state index contributed by atoms with van der Waals surface area (Å²) in [6.07, 6.45) is 4.83. The first kappa shape index (κ1) is 14.0. The van der Waals surface area contributed by atoms with Crippen molar-refractivity contribution in [2.45, 2.75) is 45.6 Å². The minimum absolute atomic E-state index is 0.0136. The van der Waals surface area contributed by atoms with Gasteiger partial charge in [0.05, 0.1) is 0 Å². The quantitative estimate of drug-likeness (QED) is 0.844. The fraction of sp³-hybridized carbons (Fsp3) is 0.647. The smallest absolute Gasteiger partial charge is 0.163 e. The van der Waals surface area contributed by atoms with Crippen LogP contribution < -0.4 is 5.32 Å². The molecule has 3 heteroatoms. The van der Waals surface area contributed by atoms with Gasteiger partial charge in [0.15, 0.2) is 11.6 Å². The van der Waals surface area contributed by atoms with Crippen molar-refractivity contribution in [3.8, 4) is 0 Å². The summed E-state index contributed by atoms with van der Waals surface area (Å²) in [6.45, 7) is 4.57. The zero-order valence-corrected chi connectivity index (χ0v) is 12.3. The lowest BCUT2D eigenvalue weighted by Crippen LogP contribution is -2.26. The average Bonchev–Trinajstić information content (AvgIpc) is 2.91. The minimum atomic E-state index is -0.684. The van der Waals surface area contributed by atoms with E-state index in [4.69, 9.17) is 0 Å². The highest BCUT2D eigenvalue weighted by Crippen LogP contribution is 2.62. The summed E-state index contributed by atoms with van der Waals surface area (Å²) in [4.78, 5) is 0. The maximum atomic E-state index is 14.3. The highest BCUT2D eigenvalue weighted by atomic mass is 19.2. The fourth-order valence-electron chi connectivity index (χ4n) is 4.03. The van der Waals surface area contributed by atoms with Crippen molar-refractivity contribution in [3.63, 3.8) is 0 Å². The van der Waals surface area contributed by atoms with Crippen LogP contribution in [-0.2, 0) is 0 Å². The largest absolute Gasteiger partial charge is 0.310 e. The van der Waals surface area contributed by atoms with E-state index in [-0.39, 0.29) is 6.04 Å².